The van der Waals surface area contributed by atoms with Gasteiger partial charge in [0.1, 0.15) is 0 Å². The second kappa shape index (κ2) is 3.58. The quantitative estimate of drug-likeness (QED) is 0.669. The third-order valence-corrected chi connectivity index (χ3v) is 4.23. The molecule has 2 atom stereocenters. The van der Waals surface area contributed by atoms with E-state index in [1.165, 1.54) is 38.8 Å². The van der Waals surface area contributed by atoms with Gasteiger partial charge < -0.3 is 10.1 Å². The SMILES string of the molecule is CO[C@H]1C[C@@H](C)C2(CCNCC2)C1. The minimum Gasteiger partial charge on any atom is -0.381 e. The van der Waals surface area contributed by atoms with E-state index < -0.39 is 0 Å². The van der Waals surface area contributed by atoms with Gasteiger partial charge in [0.25, 0.3) is 0 Å². The van der Waals surface area contributed by atoms with E-state index >= 15 is 0 Å². The van der Waals surface area contributed by atoms with E-state index in [9.17, 15) is 0 Å². The molecule has 0 unspecified atom stereocenters. The highest BCUT2D eigenvalue weighted by molar-refractivity contribution is 4.96. The summed E-state index contributed by atoms with van der Waals surface area (Å²) in [6.45, 7) is 4.83. The molecule has 2 rings (SSSR count). The van der Waals surface area contributed by atoms with Gasteiger partial charge in [0.15, 0.2) is 0 Å². The summed E-state index contributed by atoms with van der Waals surface area (Å²) in [6, 6.07) is 0. The smallest absolute Gasteiger partial charge is 0.0579 e. The summed E-state index contributed by atoms with van der Waals surface area (Å²) in [5.41, 5.74) is 0.617. The van der Waals surface area contributed by atoms with E-state index in [4.69, 9.17) is 4.74 Å². The number of hydrogen-bond donors (Lipinski definition) is 1. The Hall–Kier alpha value is -0.0800. The maximum Gasteiger partial charge on any atom is 0.0579 e. The first-order chi connectivity index (χ1) is 6.27. The van der Waals surface area contributed by atoms with Crippen LogP contribution in [0, 0.1) is 11.3 Å². The molecule has 1 spiro atoms. The molecule has 2 aliphatic rings. The monoisotopic (exact) mass is 183 g/mol. The molecule has 1 saturated heterocycles. The van der Waals surface area contributed by atoms with Crippen LogP contribution in [-0.4, -0.2) is 26.3 Å². The standard InChI is InChI=1S/C11H21NO/c1-9-7-10(13-2)8-11(9)3-5-12-6-4-11/h9-10,12H,3-8H2,1-2H3/t9-,10+/m1/s1. The lowest BCUT2D eigenvalue weighted by molar-refractivity contribution is 0.0858. The summed E-state index contributed by atoms with van der Waals surface area (Å²) in [5, 5.41) is 3.45. The molecule has 2 fully saturated rings. The molecule has 0 amide bonds. The lowest BCUT2D eigenvalue weighted by Gasteiger charge is -2.37. The van der Waals surface area contributed by atoms with Crippen LogP contribution in [0.4, 0.5) is 0 Å². The summed E-state index contributed by atoms with van der Waals surface area (Å²) in [7, 11) is 1.86. The molecule has 0 aromatic rings. The molecule has 1 aliphatic heterocycles. The zero-order valence-corrected chi connectivity index (χ0v) is 8.81. The largest absolute Gasteiger partial charge is 0.381 e. The van der Waals surface area contributed by atoms with Crippen molar-refractivity contribution in [3.05, 3.63) is 0 Å². The Balaban J connectivity index is 2.04. The molecule has 76 valence electrons. The minimum absolute atomic E-state index is 0.535. The topological polar surface area (TPSA) is 21.3 Å². The Morgan fingerprint density at radius 3 is 2.54 bits per heavy atom. The van der Waals surface area contributed by atoms with Crippen molar-refractivity contribution >= 4 is 0 Å². The average Bonchev–Trinajstić information content (AvgIpc) is 2.45. The van der Waals surface area contributed by atoms with Gasteiger partial charge in [-0.05, 0) is 50.1 Å². The van der Waals surface area contributed by atoms with E-state index in [0.717, 1.165) is 5.92 Å². The Kier molecular flexibility index (Phi) is 2.61. The predicted octanol–water partition coefficient (Wildman–Crippen LogP) is 1.80. The second-order valence-corrected chi connectivity index (χ2v) is 4.81. The molecule has 0 radical (unpaired) electrons. The molecule has 13 heavy (non-hydrogen) atoms. The highest BCUT2D eigenvalue weighted by Crippen LogP contribution is 2.49. The van der Waals surface area contributed by atoms with E-state index in [0.29, 0.717) is 11.5 Å². The van der Waals surface area contributed by atoms with Crippen molar-refractivity contribution in [2.24, 2.45) is 11.3 Å². The molecule has 2 nitrogen and oxygen atoms in total. The lowest BCUT2D eigenvalue weighted by atomic mass is 9.72. The van der Waals surface area contributed by atoms with Crippen LogP contribution in [0.25, 0.3) is 0 Å². The van der Waals surface area contributed by atoms with Crippen LogP contribution in [0.5, 0.6) is 0 Å². The first-order valence-corrected chi connectivity index (χ1v) is 5.50. The van der Waals surface area contributed by atoms with Crippen LogP contribution < -0.4 is 5.32 Å². The Morgan fingerprint density at radius 1 is 1.31 bits per heavy atom. The van der Waals surface area contributed by atoms with Crippen molar-refractivity contribution in [3.8, 4) is 0 Å². The van der Waals surface area contributed by atoms with E-state index in [2.05, 4.69) is 12.2 Å². The van der Waals surface area contributed by atoms with Crippen molar-refractivity contribution in [2.45, 2.75) is 38.7 Å². The van der Waals surface area contributed by atoms with Crippen LogP contribution in [0.15, 0.2) is 0 Å². The zero-order valence-electron chi connectivity index (χ0n) is 8.81. The van der Waals surface area contributed by atoms with Crippen molar-refractivity contribution in [1.29, 1.82) is 0 Å². The summed E-state index contributed by atoms with van der Waals surface area (Å²) in [6.07, 6.45) is 5.82. The maximum atomic E-state index is 5.49. The van der Waals surface area contributed by atoms with Crippen LogP contribution >= 0.6 is 0 Å². The van der Waals surface area contributed by atoms with Crippen LogP contribution in [0.2, 0.25) is 0 Å². The number of piperidine rings is 1. The number of hydrogen-bond acceptors (Lipinski definition) is 2. The molecule has 0 bridgehead atoms. The highest BCUT2D eigenvalue weighted by atomic mass is 16.5. The van der Waals surface area contributed by atoms with E-state index in [1.807, 2.05) is 7.11 Å². The Labute approximate surface area is 81.0 Å². The zero-order chi connectivity index (χ0) is 9.31. The average molecular weight is 183 g/mol. The van der Waals surface area contributed by atoms with E-state index in [1.54, 1.807) is 0 Å². The third kappa shape index (κ3) is 1.62. The van der Waals surface area contributed by atoms with Gasteiger partial charge >= 0.3 is 0 Å². The van der Waals surface area contributed by atoms with Gasteiger partial charge in [0.05, 0.1) is 6.10 Å². The molecule has 1 saturated carbocycles. The van der Waals surface area contributed by atoms with Crippen molar-refractivity contribution in [3.63, 3.8) is 0 Å². The van der Waals surface area contributed by atoms with Gasteiger partial charge in [0, 0.05) is 7.11 Å². The first-order valence-electron chi connectivity index (χ1n) is 5.50. The third-order valence-electron chi connectivity index (χ3n) is 4.23. The van der Waals surface area contributed by atoms with Gasteiger partial charge in [0.2, 0.25) is 0 Å². The minimum atomic E-state index is 0.535. The summed E-state index contributed by atoms with van der Waals surface area (Å²) in [4.78, 5) is 0. The number of methoxy groups -OCH3 is 1. The number of ether oxygens (including phenoxy) is 1. The fraction of sp³-hybridized carbons (Fsp3) is 1.00. The fourth-order valence-corrected chi connectivity index (χ4v) is 3.18. The highest BCUT2D eigenvalue weighted by Gasteiger charge is 2.45. The van der Waals surface area contributed by atoms with Gasteiger partial charge in [-0.3, -0.25) is 0 Å². The predicted molar refractivity (Wildman–Crippen MR) is 53.7 cm³/mol. The maximum absolute atomic E-state index is 5.49. The Morgan fingerprint density at radius 2 is 2.00 bits per heavy atom. The number of rotatable bonds is 1. The number of nitrogens with one attached hydrogen (secondary N) is 1. The molecule has 1 N–H and O–H groups in total. The molecular formula is C11H21NO. The second-order valence-electron chi connectivity index (χ2n) is 4.81. The normalized spacial score (nSPS) is 38.3. The van der Waals surface area contributed by atoms with Gasteiger partial charge in [-0.1, -0.05) is 6.92 Å². The van der Waals surface area contributed by atoms with Crippen molar-refractivity contribution in [1.82, 2.24) is 5.32 Å². The lowest BCUT2D eigenvalue weighted by Crippen LogP contribution is -2.38. The Bertz CT molecular complexity index is 175. The summed E-state index contributed by atoms with van der Waals surface area (Å²) in [5.74, 6) is 0.861. The molecule has 2 heteroatoms. The fourth-order valence-electron chi connectivity index (χ4n) is 3.18. The molecule has 0 aromatic carbocycles. The van der Waals surface area contributed by atoms with Gasteiger partial charge in [-0.2, -0.15) is 0 Å². The summed E-state index contributed by atoms with van der Waals surface area (Å²) < 4.78 is 5.49. The van der Waals surface area contributed by atoms with Crippen LogP contribution in [0.3, 0.4) is 0 Å². The molecular weight excluding hydrogens is 162 g/mol. The van der Waals surface area contributed by atoms with Gasteiger partial charge in [-0.25, -0.2) is 0 Å². The van der Waals surface area contributed by atoms with Crippen LogP contribution in [0.1, 0.15) is 32.6 Å². The van der Waals surface area contributed by atoms with Crippen molar-refractivity contribution in [2.75, 3.05) is 20.2 Å². The molecule has 1 heterocycles. The van der Waals surface area contributed by atoms with Crippen LogP contribution in [-0.2, 0) is 4.74 Å². The molecule has 0 aromatic heterocycles. The molecule has 1 aliphatic carbocycles. The summed E-state index contributed by atoms with van der Waals surface area (Å²) >= 11 is 0. The van der Waals surface area contributed by atoms with Gasteiger partial charge in [-0.15, -0.1) is 0 Å². The first kappa shape index (κ1) is 9.47. The van der Waals surface area contributed by atoms with E-state index in [-0.39, 0.29) is 0 Å². The van der Waals surface area contributed by atoms with Crippen molar-refractivity contribution < 1.29 is 4.74 Å².